The number of hydrogen-bond acceptors (Lipinski definition) is 3. The van der Waals surface area contributed by atoms with Gasteiger partial charge in [0.1, 0.15) is 0 Å². The minimum atomic E-state index is -0.398. The van der Waals surface area contributed by atoms with Crippen LogP contribution in [0.3, 0.4) is 0 Å². The molecule has 5 nitrogen and oxygen atoms in total. The van der Waals surface area contributed by atoms with Gasteiger partial charge in [0.05, 0.1) is 19.8 Å². The van der Waals surface area contributed by atoms with Gasteiger partial charge in [0.15, 0.2) is 11.5 Å². The molecule has 0 spiro atoms. The molecule has 3 rings (SSSR count). The lowest BCUT2D eigenvalue weighted by molar-refractivity contribution is 0.1000. The Hall–Kier alpha value is -2.73. The molecule has 6 heteroatoms. The van der Waals surface area contributed by atoms with Crippen molar-refractivity contribution in [1.29, 1.82) is 0 Å². The lowest BCUT2D eigenvalue weighted by Crippen LogP contribution is -2.14. The van der Waals surface area contributed by atoms with Crippen LogP contribution in [0.1, 0.15) is 34.2 Å². The van der Waals surface area contributed by atoms with Crippen LogP contribution in [0.5, 0.6) is 11.5 Å². The Morgan fingerprint density at radius 3 is 2.30 bits per heavy atom. The minimum absolute atomic E-state index is 0.398. The van der Waals surface area contributed by atoms with Gasteiger partial charge >= 0.3 is 0 Å². The van der Waals surface area contributed by atoms with Crippen LogP contribution in [0, 0.1) is 6.92 Å². The normalized spacial score (nSPS) is 10.8. The van der Waals surface area contributed by atoms with E-state index in [9.17, 15) is 4.79 Å². The molecule has 1 aromatic heterocycles. The maximum Gasteiger partial charge on any atom is 0.251 e. The number of nitrogens with two attached hydrogens (primary N) is 1. The van der Waals surface area contributed by atoms with Gasteiger partial charge in [-0.25, -0.2) is 0 Å². The average Bonchev–Trinajstić information content (AvgIpc) is 3.04. The van der Waals surface area contributed by atoms with Crippen molar-refractivity contribution in [3.8, 4) is 22.6 Å². The lowest BCUT2D eigenvalue weighted by atomic mass is 9.99. The minimum Gasteiger partial charge on any atom is -0.493 e. The van der Waals surface area contributed by atoms with E-state index in [0.717, 1.165) is 51.9 Å². The number of rotatable bonds is 8. The fourth-order valence-electron chi connectivity index (χ4n) is 3.97. The SMILES string of the molecule is CCc1c(-c2ccc(Br)cc2)c(C(N)=O)c(C)n1CCc1ccc(OC)c(OC)c1. The zero-order chi connectivity index (χ0) is 21.8. The molecular weight excluding hydrogens is 444 g/mol. The first-order valence-electron chi connectivity index (χ1n) is 9.89. The van der Waals surface area contributed by atoms with E-state index in [1.54, 1.807) is 14.2 Å². The number of amides is 1. The van der Waals surface area contributed by atoms with E-state index in [2.05, 4.69) is 27.4 Å². The summed E-state index contributed by atoms with van der Waals surface area (Å²) in [5, 5.41) is 0. The Labute approximate surface area is 185 Å². The van der Waals surface area contributed by atoms with Crippen LogP contribution in [0.15, 0.2) is 46.9 Å². The topological polar surface area (TPSA) is 66.5 Å². The van der Waals surface area contributed by atoms with Crippen LogP contribution in [-0.2, 0) is 19.4 Å². The summed E-state index contributed by atoms with van der Waals surface area (Å²) in [4.78, 5) is 12.4. The molecule has 0 saturated heterocycles. The third-order valence-corrected chi connectivity index (χ3v) is 5.95. The van der Waals surface area contributed by atoms with E-state index in [-0.39, 0.29) is 0 Å². The van der Waals surface area contributed by atoms with E-state index in [1.165, 1.54) is 0 Å². The number of hydrogen-bond donors (Lipinski definition) is 1. The third-order valence-electron chi connectivity index (χ3n) is 5.42. The number of carbonyl (C=O) groups is 1. The Morgan fingerprint density at radius 2 is 1.73 bits per heavy atom. The van der Waals surface area contributed by atoms with Gasteiger partial charge in [-0.1, -0.05) is 41.1 Å². The van der Waals surface area contributed by atoms with E-state index in [0.29, 0.717) is 17.1 Å². The van der Waals surface area contributed by atoms with Crippen LogP contribution >= 0.6 is 15.9 Å². The molecule has 0 aliphatic rings. The molecule has 3 aromatic rings. The van der Waals surface area contributed by atoms with E-state index in [4.69, 9.17) is 15.2 Å². The number of nitrogens with zero attached hydrogens (tertiary/aromatic N) is 1. The number of carbonyl (C=O) groups excluding carboxylic acids is 1. The van der Waals surface area contributed by atoms with Crippen LogP contribution < -0.4 is 15.2 Å². The standard InChI is InChI=1S/C24H27BrN2O3/c1-5-19-23(17-7-9-18(25)10-8-17)22(24(26)28)15(2)27(19)13-12-16-6-11-20(29-3)21(14-16)30-4/h6-11,14H,5,12-13H2,1-4H3,(H2,26,28). The number of methoxy groups -OCH3 is 2. The molecule has 1 amide bonds. The molecule has 0 saturated carbocycles. The van der Waals surface area contributed by atoms with Crippen molar-refractivity contribution in [3.05, 3.63) is 69.5 Å². The van der Waals surface area contributed by atoms with Crippen molar-refractivity contribution in [2.24, 2.45) is 5.73 Å². The second kappa shape index (κ2) is 9.39. The predicted octanol–water partition coefficient (Wildman–Crippen LogP) is 5.15. The highest BCUT2D eigenvalue weighted by molar-refractivity contribution is 9.10. The van der Waals surface area contributed by atoms with Gasteiger partial charge < -0.3 is 19.8 Å². The summed E-state index contributed by atoms with van der Waals surface area (Å²) >= 11 is 3.48. The second-order valence-corrected chi connectivity index (χ2v) is 8.01. The first kappa shape index (κ1) is 22.0. The molecule has 2 N–H and O–H groups in total. The molecule has 0 fully saturated rings. The quantitative estimate of drug-likeness (QED) is 0.494. The van der Waals surface area contributed by atoms with Crippen molar-refractivity contribution < 1.29 is 14.3 Å². The Balaban J connectivity index is 2.02. The molecule has 0 aliphatic heterocycles. The van der Waals surface area contributed by atoms with Gasteiger partial charge in [-0.05, 0) is 55.2 Å². The maximum absolute atomic E-state index is 12.4. The molecule has 0 unspecified atom stereocenters. The summed E-state index contributed by atoms with van der Waals surface area (Å²) in [6.07, 6.45) is 1.59. The smallest absolute Gasteiger partial charge is 0.251 e. The monoisotopic (exact) mass is 470 g/mol. The van der Waals surface area contributed by atoms with Crippen molar-refractivity contribution in [2.45, 2.75) is 33.2 Å². The highest BCUT2D eigenvalue weighted by Gasteiger charge is 2.23. The summed E-state index contributed by atoms with van der Waals surface area (Å²) < 4.78 is 14.0. The molecule has 0 aliphatic carbocycles. The molecule has 2 aromatic carbocycles. The number of aromatic nitrogens is 1. The van der Waals surface area contributed by atoms with Gasteiger partial charge in [0, 0.05) is 28.0 Å². The largest absolute Gasteiger partial charge is 0.493 e. The Morgan fingerprint density at radius 1 is 1.07 bits per heavy atom. The van der Waals surface area contributed by atoms with Gasteiger partial charge in [-0.2, -0.15) is 0 Å². The number of primary amides is 1. The lowest BCUT2D eigenvalue weighted by Gasteiger charge is -2.13. The van der Waals surface area contributed by atoms with Crippen LogP contribution in [0.25, 0.3) is 11.1 Å². The fourth-order valence-corrected chi connectivity index (χ4v) is 4.24. The van der Waals surface area contributed by atoms with Crippen LogP contribution in [-0.4, -0.2) is 24.7 Å². The van der Waals surface area contributed by atoms with E-state index < -0.39 is 5.91 Å². The summed E-state index contributed by atoms with van der Waals surface area (Å²) in [6.45, 7) is 4.81. The number of ether oxygens (including phenoxy) is 2. The van der Waals surface area contributed by atoms with Crippen molar-refractivity contribution in [1.82, 2.24) is 4.57 Å². The number of aryl methyl sites for hydroxylation is 1. The number of benzene rings is 2. The average molecular weight is 471 g/mol. The first-order chi connectivity index (χ1) is 14.4. The van der Waals surface area contributed by atoms with Gasteiger partial charge in [-0.15, -0.1) is 0 Å². The van der Waals surface area contributed by atoms with Crippen molar-refractivity contribution in [2.75, 3.05) is 14.2 Å². The maximum atomic E-state index is 12.4. The summed E-state index contributed by atoms with van der Waals surface area (Å²) in [7, 11) is 3.26. The fraction of sp³-hybridized carbons (Fsp3) is 0.292. The summed E-state index contributed by atoms with van der Waals surface area (Å²) in [5.41, 5.74) is 11.5. The molecular formula is C24H27BrN2O3. The van der Waals surface area contributed by atoms with Gasteiger partial charge in [-0.3, -0.25) is 4.79 Å². The summed E-state index contributed by atoms with van der Waals surface area (Å²) in [5.74, 6) is 1.02. The Bertz CT molecular complexity index is 1060. The molecule has 0 radical (unpaired) electrons. The zero-order valence-electron chi connectivity index (χ0n) is 17.8. The van der Waals surface area contributed by atoms with E-state index in [1.807, 2.05) is 49.4 Å². The predicted molar refractivity (Wildman–Crippen MR) is 123 cm³/mol. The Kier molecular flexibility index (Phi) is 6.87. The summed E-state index contributed by atoms with van der Waals surface area (Å²) in [6, 6.07) is 13.9. The zero-order valence-corrected chi connectivity index (χ0v) is 19.4. The van der Waals surface area contributed by atoms with E-state index >= 15 is 0 Å². The van der Waals surface area contributed by atoms with Crippen molar-refractivity contribution >= 4 is 21.8 Å². The van der Waals surface area contributed by atoms with Crippen molar-refractivity contribution in [3.63, 3.8) is 0 Å². The molecule has 1 heterocycles. The van der Waals surface area contributed by atoms with Crippen LogP contribution in [0.4, 0.5) is 0 Å². The molecule has 0 bridgehead atoms. The van der Waals surface area contributed by atoms with Gasteiger partial charge in [0.25, 0.3) is 5.91 Å². The molecule has 30 heavy (non-hydrogen) atoms. The second-order valence-electron chi connectivity index (χ2n) is 7.10. The highest BCUT2D eigenvalue weighted by atomic mass is 79.9. The van der Waals surface area contributed by atoms with Crippen LogP contribution in [0.2, 0.25) is 0 Å². The first-order valence-corrected chi connectivity index (χ1v) is 10.7. The third kappa shape index (κ3) is 4.24. The molecule has 158 valence electrons. The van der Waals surface area contributed by atoms with Gasteiger partial charge in [0.2, 0.25) is 0 Å². The number of halogens is 1. The molecule has 0 atom stereocenters. The highest BCUT2D eigenvalue weighted by Crippen LogP contribution is 2.34.